The van der Waals surface area contributed by atoms with E-state index in [4.69, 9.17) is 11.6 Å². The standard InChI is InChI=1S/C12H10BrClF3NO/c1-11(5-12(15,16)17)7-3-6(13)4-8(14)9(7)18(2)10(11)19/h3-4H,5H2,1-2H3. The van der Waals surface area contributed by atoms with Crippen molar-refractivity contribution in [3.05, 3.63) is 27.2 Å². The predicted octanol–water partition coefficient (Wildman–Crippen LogP) is 4.29. The van der Waals surface area contributed by atoms with Gasteiger partial charge in [-0.15, -0.1) is 0 Å². The number of fused-ring (bicyclic) bond motifs is 1. The van der Waals surface area contributed by atoms with Gasteiger partial charge in [-0.25, -0.2) is 0 Å². The fourth-order valence-corrected chi connectivity index (χ4v) is 3.42. The van der Waals surface area contributed by atoms with Crippen molar-refractivity contribution in [1.82, 2.24) is 0 Å². The Labute approximate surface area is 121 Å². The second-order valence-electron chi connectivity index (χ2n) is 4.77. The maximum atomic E-state index is 12.7. The number of anilines is 1. The monoisotopic (exact) mass is 355 g/mol. The lowest BCUT2D eigenvalue weighted by Gasteiger charge is -2.24. The Hall–Kier alpha value is -0.750. The highest BCUT2D eigenvalue weighted by atomic mass is 79.9. The van der Waals surface area contributed by atoms with Crippen LogP contribution in [0.4, 0.5) is 18.9 Å². The van der Waals surface area contributed by atoms with Crippen LogP contribution in [0.2, 0.25) is 5.02 Å². The van der Waals surface area contributed by atoms with Crippen LogP contribution in [-0.2, 0) is 10.2 Å². The van der Waals surface area contributed by atoms with Gasteiger partial charge in [-0.3, -0.25) is 4.79 Å². The van der Waals surface area contributed by atoms with Gasteiger partial charge in [0.25, 0.3) is 0 Å². The first kappa shape index (κ1) is 14.7. The first-order valence-electron chi connectivity index (χ1n) is 5.41. The normalized spacial score (nSPS) is 22.9. The van der Waals surface area contributed by atoms with E-state index in [9.17, 15) is 18.0 Å². The molecule has 0 N–H and O–H groups in total. The molecule has 0 spiro atoms. The van der Waals surface area contributed by atoms with Gasteiger partial charge in [0.05, 0.1) is 22.5 Å². The van der Waals surface area contributed by atoms with E-state index in [1.165, 1.54) is 24.9 Å². The summed E-state index contributed by atoms with van der Waals surface area (Å²) < 4.78 is 38.7. The summed E-state index contributed by atoms with van der Waals surface area (Å²) in [5, 5.41) is 0.256. The topological polar surface area (TPSA) is 20.3 Å². The summed E-state index contributed by atoms with van der Waals surface area (Å²) in [5.74, 6) is -0.597. The molecule has 0 aliphatic carbocycles. The number of amides is 1. The molecule has 1 aliphatic rings. The lowest BCUT2D eigenvalue weighted by Crippen LogP contribution is -2.39. The molecule has 7 heteroatoms. The molecule has 1 heterocycles. The van der Waals surface area contributed by atoms with Crippen molar-refractivity contribution in [2.24, 2.45) is 0 Å². The number of carbonyl (C=O) groups excluding carboxylic acids is 1. The van der Waals surface area contributed by atoms with Crippen LogP contribution in [0.5, 0.6) is 0 Å². The second-order valence-corrected chi connectivity index (χ2v) is 6.09. The molecule has 1 aromatic carbocycles. The molecule has 1 atom stereocenters. The van der Waals surface area contributed by atoms with Crippen molar-refractivity contribution in [3.8, 4) is 0 Å². The summed E-state index contributed by atoms with van der Waals surface area (Å²) in [4.78, 5) is 13.4. The maximum Gasteiger partial charge on any atom is 0.390 e. The minimum atomic E-state index is -4.43. The van der Waals surface area contributed by atoms with Gasteiger partial charge in [-0.05, 0) is 24.6 Å². The number of likely N-dealkylation sites (N-methyl/N-ethyl adjacent to an activating group) is 1. The van der Waals surface area contributed by atoms with E-state index in [-0.39, 0.29) is 5.02 Å². The highest BCUT2D eigenvalue weighted by Gasteiger charge is 2.52. The Bertz CT molecular complexity index is 561. The van der Waals surface area contributed by atoms with Crippen molar-refractivity contribution in [3.63, 3.8) is 0 Å². The van der Waals surface area contributed by atoms with Gasteiger partial charge in [-0.2, -0.15) is 13.2 Å². The van der Waals surface area contributed by atoms with Crippen LogP contribution >= 0.6 is 27.5 Å². The molecule has 0 aromatic heterocycles. The maximum absolute atomic E-state index is 12.7. The van der Waals surface area contributed by atoms with E-state index >= 15 is 0 Å². The first-order chi connectivity index (χ1) is 8.56. The van der Waals surface area contributed by atoms with E-state index in [0.29, 0.717) is 15.7 Å². The zero-order chi connectivity index (χ0) is 14.6. The molecule has 1 aliphatic heterocycles. The van der Waals surface area contributed by atoms with Crippen LogP contribution < -0.4 is 4.90 Å². The number of carbonyl (C=O) groups is 1. The van der Waals surface area contributed by atoms with Crippen LogP contribution in [0.3, 0.4) is 0 Å². The summed E-state index contributed by atoms with van der Waals surface area (Å²) in [6.07, 6.45) is -5.63. The lowest BCUT2D eigenvalue weighted by atomic mass is 9.80. The fraction of sp³-hybridized carbons (Fsp3) is 0.417. The third kappa shape index (κ3) is 2.36. The Balaban J connectivity index is 2.65. The lowest BCUT2D eigenvalue weighted by molar-refractivity contribution is -0.154. The number of benzene rings is 1. The Morgan fingerprint density at radius 3 is 2.53 bits per heavy atom. The molecule has 1 aromatic rings. The van der Waals surface area contributed by atoms with E-state index < -0.39 is 23.9 Å². The van der Waals surface area contributed by atoms with Crippen molar-refractivity contribution < 1.29 is 18.0 Å². The third-order valence-electron chi connectivity index (χ3n) is 3.29. The van der Waals surface area contributed by atoms with E-state index in [2.05, 4.69) is 15.9 Å². The Kier molecular flexibility index (Phi) is 3.38. The van der Waals surface area contributed by atoms with Crippen molar-refractivity contribution in [2.45, 2.75) is 24.9 Å². The first-order valence-corrected chi connectivity index (χ1v) is 6.58. The number of nitrogens with zero attached hydrogens (tertiary/aromatic N) is 1. The SMILES string of the molecule is CN1C(=O)C(C)(CC(F)(F)F)c2cc(Br)cc(Cl)c21. The van der Waals surface area contributed by atoms with Gasteiger partial charge in [0.1, 0.15) is 0 Å². The number of alkyl halides is 3. The molecule has 0 saturated heterocycles. The summed E-state index contributed by atoms with van der Waals surface area (Å²) in [6.45, 7) is 1.30. The number of hydrogen-bond acceptors (Lipinski definition) is 1. The summed E-state index contributed by atoms with van der Waals surface area (Å²) >= 11 is 9.22. The van der Waals surface area contributed by atoms with Crippen LogP contribution in [0.15, 0.2) is 16.6 Å². The fourth-order valence-electron chi connectivity index (χ4n) is 2.49. The van der Waals surface area contributed by atoms with Crippen LogP contribution in [-0.4, -0.2) is 19.1 Å². The van der Waals surface area contributed by atoms with Gasteiger partial charge in [0.2, 0.25) is 5.91 Å². The highest BCUT2D eigenvalue weighted by molar-refractivity contribution is 9.10. The molecule has 0 fully saturated rings. The zero-order valence-corrected chi connectivity index (χ0v) is 12.4. The second kappa shape index (κ2) is 4.38. The Morgan fingerprint density at radius 1 is 1.42 bits per heavy atom. The molecular weight excluding hydrogens is 346 g/mol. The predicted molar refractivity (Wildman–Crippen MR) is 70.6 cm³/mol. The molecule has 1 amide bonds. The zero-order valence-electron chi connectivity index (χ0n) is 10.1. The number of halogens is 5. The molecule has 2 rings (SSSR count). The van der Waals surface area contributed by atoms with Crippen molar-refractivity contribution in [1.29, 1.82) is 0 Å². The number of rotatable bonds is 1. The number of hydrogen-bond donors (Lipinski definition) is 0. The third-order valence-corrected chi connectivity index (χ3v) is 4.03. The largest absolute Gasteiger partial charge is 0.390 e. The molecule has 0 saturated carbocycles. The smallest absolute Gasteiger partial charge is 0.313 e. The van der Waals surface area contributed by atoms with E-state index in [0.717, 1.165) is 0 Å². The molecule has 104 valence electrons. The quantitative estimate of drug-likeness (QED) is 0.735. The molecular formula is C12H10BrClF3NO. The molecule has 19 heavy (non-hydrogen) atoms. The van der Waals surface area contributed by atoms with E-state index in [1.54, 1.807) is 6.07 Å². The van der Waals surface area contributed by atoms with E-state index in [1.807, 2.05) is 0 Å². The van der Waals surface area contributed by atoms with Crippen molar-refractivity contribution >= 4 is 39.1 Å². The van der Waals surface area contributed by atoms with Gasteiger partial charge in [0.15, 0.2) is 0 Å². The minimum Gasteiger partial charge on any atom is -0.313 e. The Morgan fingerprint density at radius 2 is 2.00 bits per heavy atom. The minimum absolute atomic E-state index is 0.256. The summed E-state index contributed by atoms with van der Waals surface area (Å²) in [6, 6.07) is 3.08. The van der Waals surface area contributed by atoms with Gasteiger partial charge in [0, 0.05) is 11.5 Å². The van der Waals surface area contributed by atoms with Gasteiger partial charge in [-0.1, -0.05) is 27.5 Å². The van der Waals surface area contributed by atoms with Crippen LogP contribution in [0.1, 0.15) is 18.9 Å². The average molecular weight is 357 g/mol. The molecule has 0 bridgehead atoms. The van der Waals surface area contributed by atoms with Gasteiger partial charge < -0.3 is 4.90 Å². The van der Waals surface area contributed by atoms with Gasteiger partial charge >= 0.3 is 6.18 Å². The molecule has 1 unspecified atom stereocenters. The van der Waals surface area contributed by atoms with Crippen LogP contribution in [0.25, 0.3) is 0 Å². The van der Waals surface area contributed by atoms with Crippen LogP contribution in [0, 0.1) is 0 Å². The summed E-state index contributed by atoms with van der Waals surface area (Å²) in [5.41, 5.74) is -0.978. The highest BCUT2D eigenvalue weighted by Crippen LogP contribution is 2.50. The summed E-state index contributed by atoms with van der Waals surface area (Å²) in [7, 11) is 1.43. The van der Waals surface area contributed by atoms with Crippen molar-refractivity contribution in [2.75, 3.05) is 11.9 Å². The average Bonchev–Trinajstić information content (AvgIpc) is 2.39. The molecule has 2 nitrogen and oxygen atoms in total. The molecule has 0 radical (unpaired) electrons.